The molecule has 1 unspecified atom stereocenters. The second-order valence-corrected chi connectivity index (χ2v) is 3.62. The molecule has 0 aromatic heterocycles. The van der Waals surface area contributed by atoms with Gasteiger partial charge in [0.05, 0.1) is 5.02 Å². The molecule has 0 radical (unpaired) electrons. The first kappa shape index (κ1) is 14.4. The topological polar surface area (TPSA) is 92.8 Å². The van der Waals surface area contributed by atoms with Gasteiger partial charge in [-0.1, -0.05) is 11.6 Å². The highest BCUT2D eigenvalue weighted by Gasteiger charge is 2.35. The number of aliphatic hydroxyl groups excluding tert-OH is 1. The zero-order valence-corrected chi connectivity index (χ0v) is 9.29. The van der Waals surface area contributed by atoms with Crippen molar-refractivity contribution in [2.45, 2.75) is 12.5 Å². The lowest BCUT2D eigenvalue weighted by atomic mass is 10.1. The van der Waals surface area contributed by atoms with Crippen LogP contribution in [0.2, 0.25) is 5.02 Å². The first-order valence-corrected chi connectivity index (χ1v) is 4.75. The van der Waals surface area contributed by atoms with Crippen LogP contribution in [0.5, 0.6) is 5.75 Å². The standard InChI is InChI=1S/C9H7ClF3NO4/c10-5-2-3(14)1-4(6(15)8(16)17)7(5)18-9(11,12)13/h1-2,6,15H,14H2,(H,16,17). The van der Waals surface area contributed by atoms with Crippen LogP contribution in [-0.4, -0.2) is 22.5 Å². The summed E-state index contributed by atoms with van der Waals surface area (Å²) >= 11 is 5.48. The highest BCUT2D eigenvalue weighted by atomic mass is 35.5. The molecular weight excluding hydrogens is 279 g/mol. The van der Waals surface area contributed by atoms with Gasteiger partial charge in [0, 0.05) is 11.3 Å². The van der Waals surface area contributed by atoms with E-state index in [-0.39, 0.29) is 5.69 Å². The van der Waals surface area contributed by atoms with E-state index in [1.54, 1.807) is 0 Å². The van der Waals surface area contributed by atoms with Crippen molar-refractivity contribution >= 4 is 23.3 Å². The third-order valence-corrected chi connectivity index (χ3v) is 2.12. The van der Waals surface area contributed by atoms with Crippen molar-refractivity contribution in [2.75, 3.05) is 5.73 Å². The minimum Gasteiger partial charge on any atom is -0.479 e. The van der Waals surface area contributed by atoms with Crippen LogP contribution in [0.15, 0.2) is 12.1 Å². The summed E-state index contributed by atoms with van der Waals surface area (Å²) in [6.07, 6.45) is -7.31. The van der Waals surface area contributed by atoms with Gasteiger partial charge in [-0.15, -0.1) is 13.2 Å². The minimum absolute atomic E-state index is 0.107. The van der Waals surface area contributed by atoms with Gasteiger partial charge in [0.15, 0.2) is 11.9 Å². The van der Waals surface area contributed by atoms with E-state index < -0.39 is 34.8 Å². The maximum atomic E-state index is 12.1. The van der Waals surface area contributed by atoms with Crippen molar-refractivity contribution in [3.63, 3.8) is 0 Å². The highest BCUT2D eigenvalue weighted by molar-refractivity contribution is 6.32. The molecule has 0 saturated heterocycles. The fourth-order valence-corrected chi connectivity index (χ4v) is 1.47. The molecule has 0 aliphatic heterocycles. The Morgan fingerprint density at radius 3 is 2.44 bits per heavy atom. The number of hydrogen-bond acceptors (Lipinski definition) is 4. The van der Waals surface area contributed by atoms with Crippen LogP contribution in [-0.2, 0) is 4.79 Å². The number of carboxylic acid groups (broad SMARTS) is 1. The molecule has 1 aromatic carbocycles. The highest BCUT2D eigenvalue weighted by Crippen LogP contribution is 2.38. The summed E-state index contributed by atoms with van der Waals surface area (Å²) < 4.78 is 40.0. The van der Waals surface area contributed by atoms with Gasteiger partial charge in [-0.3, -0.25) is 0 Å². The number of ether oxygens (including phenoxy) is 1. The van der Waals surface area contributed by atoms with E-state index in [1.165, 1.54) is 0 Å². The lowest BCUT2D eigenvalue weighted by Crippen LogP contribution is -2.20. The Morgan fingerprint density at radius 1 is 1.44 bits per heavy atom. The van der Waals surface area contributed by atoms with Crippen molar-refractivity contribution in [2.24, 2.45) is 0 Å². The van der Waals surface area contributed by atoms with Crippen molar-refractivity contribution in [3.05, 3.63) is 22.7 Å². The van der Waals surface area contributed by atoms with Crippen molar-refractivity contribution in [1.82, 2.24) is 0 Å². The van der Waals surface area contributed by atoms with E-state index in [0.29, 0.717) is 0 Å². The van der Waals surface area contributed by atoms with Crippen molar-refractivity contribution in [3.8, 4) is 5.75 Å². The first-order valence-electron chi connectivity index (χ1n) is 4.37. The van der Waals surface area contributed by atoms with Gasteiger partial charge in [-0.2, -0.15) is 0 Å². The van der Waals surface area contributed by atoms with E-state index in [0.717, 1.165) is 12.1 Å². The number of aliphatic carboxylic acids is 1. The molecule has 0 saturated carbocycles. The van der Waals surface area contributed by atoms with Crippen LogP contribution >= 0.6 is 11.6 Å². The molecule has 0 amide bonds. The number of anilines is 1. The predicted molar refractivity (Wildman–Crippen MR) is 55.1 cm³/mol. The zero-order chi connectivity index (χ0) is 14.1. The minimum atomic E-state index is -5.08. The number of aliphatic hydroxyl groups is 1. The van der Waals surface area contributed by atoms with Gasteiger partial charge < -0.3 is 20.7 Å². The Labute approximate surface area is 104 Å². The van der Waals surface area contributed by atoms with Gasteiger partial charge in [0.1, 0.15) is 0 Å². The van der Waals surface area contributed by atoms with Crippen LogP contribution < -0.4 is 10.5 Å². The molecule has 0 heterocycles. The molecule has 4 N–H and O–H groups in total. The summed E-state index contributed by atoms with van der Waals surface area (Å²) in [5.74, 6) is -2.75. The quantitative estimate of drug-likeness (QED) is 0.738. The largest absolute Gasteiger partial charge is 0.573 e. The van der Waals surface area contributed by atoms with Gasteiger partial charge in [0.25, 0.3) is 0 Å². The fraction of sp³-hybridized carbons (Fsp3) is 0.222. The number of carbonyl (C=O) groups is 1. The molecule has 0 aliphatic carbocycles. The number of hydrogen-bond donors (Lipinski definition) is 3. The third kappa shape index (κ3) is 3.41. The summed E-state index contributed by atoms with van der Waals surface area (Å²) in [4.78, 5) is 10.6. The predicted octanol–water partition coefficient (Wildman–Crippen LogP) is 1.94. The molecule has 1 atom stereocenters. The second kappa shape index (κ2) is 4.91. The number of nitrogen functional groups attached to an aromatic ring is 1. The van der Waals surface area contributed by atoms with E-state index in [9.17, 15) is 23.1 Å². The number of carboxylic acids is 1. The number of benzene rings is 1. The maximum Gasteiger partial charge on any atom is 0.573 e. The van der Waals surface area contributed by atoms with Crippen LogP contribution in [0.3, 0.4) is 0 Å². The average Bonchev–Trinajstić information content (AvgIpc) is 2.18. The Kier molecular flexibility index (Phi) is 3.92. The van der Waals surface area contributed by atoms with E-state index >= 15 is 0 Å². The Bertz CT molecular complexity index is 478. The number of rotatable bonds is 3. The Balaban J connectivity index is 3.34. The summed E-state index contributed by atoms with van der Waals surface area (Å²) in [7, 11) is 0. The maximum absolute atomic E-state index is 12.1. The molecule has 9 heteroatoms. The molecule has 1 rings (SSSR count). The zero-order valence-electron chi connectivity index (χ0n) is 8.53. The van der Waals surface area contributed by atoms with Gasteiger partial charge >= 0.3 is 12.3 Å². The van der Waals surface area contributed by atoms with Gasteiger partial charge in [0.2, 0.25) is 0 Å². The van der Waals surface area contributed by atoms with Gasteiger partial charge in [-0.05, 0) is 12.1 Å². The smallest absolute Gasteiger partial charge is 0.479 e. The SMILES string of the molecule is Nc1cc(Cl)c(OC(F)(F)F)c(C(O)C(=O)O)c1. The fourth-order valence-electron chi connectivity index (χ4n) is 1.20. The van der Waals surface area contributed by atoms with Crippen LogP contribution in [0, 0.1) is 0 Å². The lowest BCUT2D eigenvalue weighted by Gasteiger charge is -2.17. The first-order chi connectivity index (χ1) is 8.11. The van der Waals surface area contributed by atoms with Crippen molar-refractivity contribution in [1.29, 1.82) is 0 Å². The molecule has 18 heavy (non-hydrogen) atoms. The molecular formula is C9H7ClF3NO4. The molecule has 0 bridgehead atoms. The van der Waals surface area contributed by atoms with Gasteiger partial charge in [-0.25, -0.2) is 4.79 Å². The average molecular weight is 286 g/mol. The summed E-state index contributed by atoms with van der Waals surface area (Å²) in [5, 5.41) is 17.3. The van der Waals surface area contributed by atoms with E-state index in [2.05, 4.69) is 4.74 Å². The molecule has 0 aliphatic rings. The molecule has 0 fully saturated rings. The van der Waals surface area contributed by atoms with E-state index in [1.807, 2.05) is 0 Å². The van der Waals surface area contributed by atoms with Crippen molar-refractivity contribution < 1.29 is 32.9 Å². The summed E-state index contributed by atoms with van der Waals surface area (Å²) in [5.41, 5.74) is 4.52. The number of halogens is 4. The van der Waals surface area contributed by atoms with Crippen LogP contribution in [0.25, 0.3) is 0 Å². The van der Waals surface area contributed by atoms with Crippen LogP contribution in [0.1, 0.15) is 11.7 Å². The van der Waals surface area contributed by atoms with Crippen LogP contribution in [0.4, 0.5) is 18.9 Å². The molecule has 0 spiro atoms. The normalized spacial score (nSPS) is 13.2. The third-order valence-electron chi connectivity index (χ3n) is 1.84. The monoisotopic (exact) mass is 285 g/mol. The number of nitrogens with two attached hydrogens (primary N) is 1. The lowest BCUT2D eigenvalue weighted by molar-refractivity contribution is -0.275. The Hall–Kier alpha value is -1.67. The summed E-state index contributed by atoms with van der Waals surface area (Å²) in [6, 6.07) is 1.78. The number of alkyl halides is 3. The molecule has 5 nitrogen and oxygen atoms in total. The second-order valence-electron chi connectivity index (χ2n) is 3.21. The molecule has 1 aromatic rings. The molecule has 100 valence electrons. The summed E-state index contributed by atoms with van der Waals surface area (Å²) in [6.45, 7) is 0. The van der Waals surface area contributed by atoms with E-state index in [4.69, 9.17) is 22.4 Å². The Morgan fingerprint density at radius 2 is 2.00 bits per heavy atom.